The van der Waals surface area contributed by atoms with Crippen molar-refractivity contribution in [2.24, 2.45) is 0 Å². The molecule has 0 amide bonds. The first kappa shape index (κ1) is 16.1. The van der Waals surface area contributed by atoms with Gasteiger partial charge in [-0.1, -0.05) is 12.1 Å². The van der Waals surface area contributed by atoms with Crippen molar-refractivity contribution in [3.63, 3.8) is 0 Å². The van der Waals surface area contributed by atoms with Gasteiger partial charge in [-0.2, -0.15) is 0 Å². The van der Waals surface area contributed by atoms with Gasteiger partial charge in [-0.3, -0.25) is 14.9 Å². The van der Waals surface area contributed by atoms with E-state index in [4.69, 9.17) is 4.98 Å². The maximum atomic E-state index is 4.77. The van der Waals surface area contributed by atoms with Gasteiger partial charge in [0.25, 0.3) is 0 Å². The normalized spacial score (nSPS) is 17.3. The van der Waals surface area contributed by atoms with Crippen molar-refractivity contribution in [1.82, 2.24) is 25.5 Å². The lowest BCUT2D eigenvalue weighted by Gasteiger charge is -2.23. The zero-order valence-corrected chi connectivity index (χ0v) is 13.8. The lowest BCUT2D eigenvalue weighted by atomic mass is 10.2. The molecule has 0 saturated heterocycles. The highest BCUT2D eigenvalue weighted by Crippen LogP contribution is 2.09. The number of fused-ring (bicyclic) bond motifs is 2. The van der Waals surface area contributed by atoms with Crippen LogP contribution < -0.4 is 10.6 Å². The van der Waals surface area contributed by atoms with Gasteiger partial charge in [-0.05, 0) is 31.2 Å². The van der Waals surface area contributed by atoms with Crippen LogP contribution in [-0.2, 0) is 19.6 Å². The summed E-state index contributed by atoms with van der Waals surface area (Å²) >= 11 is 0. The van der Waals surface area contributed by atoms with E-state index in [-0.39, 0.29) is 0 Å². The van der Waals surface area contributed by atoms with E-state index >= 15 is 0 Å². The lowest BCUT2D eigenvalue weighted by Crippen LogP contribution is -2.35. The van der Waals surface area contributed by atoms with E-state index in [2.05, 4.69) is 50.8 Å². The fourth-order valence-electron chi connectivity index (χ4n) is 2.83. The summed E-state index contributed by atoms with van der Waals surface area (Å²) < 4.78 is 0. The summed E-state index contributed by atoms with van der Waals surface area (Å²) in [5, 5.41) is 6.91. The molecule has 2 N–H and O–H groups in total. The molecule has 1 aliphatic heterocycles. The van der Waals surface area contributed by atoms with E-state index in [1.54, 1.807) is 0 Å². The van der Waals surface area contributed by atoms with Crippen LogP contribution in [0.2, 0.25) is 0 Å². The number of aromatic nitrogens is 2. The Labute approximate surface area is 138 Å². The molecule has 0 aliphatic carbocycles. The predicted molar refractivity (Wildman–Crippen MR) is 91.9 cm³/mol. The highest BCUT2D eigenvalue weighted by atomic mass is 15.2. The van der Waals surface area contributed by atoms with Gasteiger partial charge < -0.3 is 10.6 Å². The maximum Gasteiger partial charge on any atom is 0.0548 e. The minimum absolute atomic E-state index is 0.828. The second kappa shape index (κ2) is 8.15. The first-order valence-electron chi connectivity index (χ1n) is 8.31. The number of hydrogen-bond donors (Lipinski definition) is 2. The van der Waals surface area contributed by atoms with Gasteiger partial charge in [0, 0.05) is 51.5 Å². The number of nitrogens with zero attached hydrogens (tertiary/aromatic N) is 3. The van der Waals surface area contributed by atoms with Gasteiger partial charge in [0.05, 0.1) is 17.1 Å². The molecule has 0 unspecified atom stereocenters. The fraction of sp³-hybridized carbons (Fsp3) is 0.444. The van der Waals surface area contributed by atoms with Crippen molar-refractivity contribution >= 4 is 0 Å². The van der Waals surface area contributed by atoms with Crippen LogP contribution in [0.25, 0.3) is 0 Å². The lowest BCUT2D eigenvalue weighted by molar-refractivity contribution is 0.249. The molecule has 3 rings (SSSR count). The third kappa shape index (κ3) is 5.10. The quantitative estimate of drug-likeness (QED) is 0.880. The Bertz CT molecular complexity index is 628. The zero-order chi connectivity index (χ0) is 15.9. The van der Waals surface area contributed by atoms with Crippen LogP contribution in [0.15, 0.2) is 36.4 Å². The van der Waals surface area contributed by atoms with Gasteiger partial charge in [0.1, 0.15) is 0 Å². The smallest absolute Gasteiger partial charge is 0.0548 e. The molecule has 2 aromatic rings. The Kier molecular flexibility index (Phi) is 5.69. The van der Waals surface area contributed by atoms with E-state index in [1.807, 2.05) is 13.0 Å². The molecule has 23 heavy (non-hydrogen) atoms. The number of pyridine rings is 2. The molecule has 0 radical (unpaired) electrons. The van der Waals surface area contributed by atoms with Crippen LogP contribution in [0, 0.1) is 6.92 Å². The van der Waals surface area contributed by atoms with E-state index in [1.165, 1.54) is 0 Å². The number of nitrogens with one attached hydrogen (secondary N) is 2. The molecule has 0 atom stereocenters. The SMILES string of the molecule is Cc1cccc(CN2CCNCCNCc3cccc(n3)C2)n1. The average Bonchev–Trinajstić information content (AvgIpc) is 2.53. The Morgan fingerprint density at radius 1 is 0.957 bits per heavy atom. The minimum atomic E-state index is 0.828. The highest BCUT2D eigenvalue weighted by molar-refractivity contribution is 5.13. The van der Waals surface area contributed by atoms with E-state index in [0.29, 0.717) is 0 Å². The average molecular weight is 311 g/mol. The van der Waals surface area contributed by atoms with Gasteiger partial charge in [0.15, 0.2) is 0 Å². The molecular weight excluding hydrogens is 286 g/mol. The Morgan fingerprint density at radius 3 is 2.70 bits per heavy atom. The van der Waals surface area contributed by atoms with Gasteiger partial charge in [0.2, 0.25) is 0 Å². The van der Waals surface area contributed by atoms with Crippen LogP contribution in [0.5, 0.6) is 0 Å². The summed E-state index contributed by atoms with van der Waals surface area (Å²) in [6.45, 7) is 8.49. The maximum absolute atomic E-state index is 4.77. The monoisotopic (exact) mass is 311 g/mol. The summed E-state index contributed by atoms with van der Waals surface area (Å²) in [4.78, 5) is 11.8. The Balaban J connectivity index is 1.75. The highest BCUT2D eigenvalue weighted by Gasteiger charge is 2.10. The molecule has 1 aliphatic rings. The molecule has 122 valence electrons. The first-order valence-corrected chi connectivity index (χ1v) is 8.31. The topological polar surface area (TPSA) is 53.1 Å². The first-order chi connectivity index (χ1) is 11.3. The molecule has 3 heterocycles. The van der Waals surface area contributed by atoms with Crippen LogP contribution in [0.3, 0.4) is 0 Å². The van der Waals surface area contributed by atoms with Crippen molar-refractivity contribution in [2.45, 2.75) is 26.6 Å². The van der Waals surface area contributed by atoms with E-state index in [0.717, 1.165) is 68.6 Å². The van der Waals surface area contributed by atoms with E-state index in [9.17, 15) is 0 Å². The van der Waals surface area contributed by atoms with Crippen molar-refractivity contribution in [3.8, 4) is 0 Å². The molecule has 0 spiro atoms. The van der Waals surface area contributed by atoms with Crippen LogP contribution in [-0.4, -0.2) is 41.0 Å². The van der Waals surface area contributed by atoms with Crippen LogP contribution in [0.1, 0.15) is 22.8 Å². The van der Waals surface area contributed by atoms with Crippen molar-refractivity contribution in [3.05, 3.63) is 59.2 Å². The molecular formula is C18H25N5. The molecule has 5 heteroatoms. The summed E-state index contributed by atoms with van der Waals surface area (Å²) in [5.74, 6) is 0. The molecule has 2 aromatic heterocycles. The van der Waals surface area contributed by atoms with Crippen LogP contribution >= 0.6 is 0 Å². The third-order valence-electron chi connectivity index (χ3n) is 3.97. The molecule has 0 saturated carbocycles. The second-order valence-corrected chi connectivity index (χ2v) is 6.03. The Morgan fingerprint density at radius 2 is 1.78 bits per heavy atom. The summed E-state index contributed by atoms with van der Waals surface area (Å²) in [7, 11) is 0. The third-order valence-corrected chi connectivity index (χ3v) is 3.97. The van der Waals surface area contributed by atoms with Crippen LogP contribution in [0.4, 0.5) is 0 Å². The van der Waals surface area contributed by atoms with Crippen molar-refractivity contribution in [1.29, 1.82) is 0 Å². The molecule has 0 fully saturated rings. The number of rotatable bonds is 2. The van der Waals surface area contributed by atoms with E-state index < -0.39 is 0 Å². The molecule has 5 nitrogen and oxygen atoms in total. The second-order valence-electron chi connectivity index (χ2n) is 6.03. The summed E-state index contributed by atoms with van der Waals surface area (Å²) in [6, 6.07) is 12.5. The number of hydrogen-bond acceptors (Lipinski definition) is 5. The standard InChI is InChI=1S/C18H25N5/c1-15-4-2-6-17(21-15)13-23-11-10-19-8-9-20-12-16-5-3-7-18(14-23)22-16/h2-7,19-20H,8-14H2,1H3. The predicted octanol–water partition coefficient (Wildman–Crippen LogP) is 1.48. The summed E-state index contributed by atoms with van der Waals surface area (Å²) in [6.07, 6.45) is 0. The molecule has 0 aromatic carbocycles. The fourth-order valence-corrected chi connectivity index (χ4v) is 2.83. The minimum Gasteiger partial charge on any atom is -0.314 e. The van der Waals surface area contributed by atoms with Gasteiger partial charge in [-0.25, -0.2) is 0 Å². The van der Waals surface area contributed by atoms with Gasteiger partial charge in [-0.15, -0.1) is 0 Å². The largest absolute Gasteiger partial charge is 0.314 e. The van der Waals surface area contributed by atoms with Crippen molar-refractivity contribution in [2.75, 3.05) is 26.2 Å². The van der Waals surface area contributed by atoms with Crippen molar-refractivity contribution < 1.29 is 0 Å². The zero-order valence-electron chi connectivity index (χ0n) is 13.8. The number of aryl methyl sites for hydroxylation is 1. The van der Waals surface area contributed by atoms with Gasteiger partial charge >= 0.3 is 0 Å². The Hall–Kier alpha value is -1.82. The summed E-state index contributed by atoms with van der Waals surface area (Å²) in [5.41, 5.74) is 4.42. The molecule has 2 bridgehead atoms.